The van der Waals surface area contributed by atoms with Crippen molar-refractivity contribution in [1.29, 1.82) is 0 Å². The van der Waals surface area contributed by atoms with Gasteiger partial charge in [0, 0.05) is 15.8 Å². The van der Waals surface area contributed by atoms with Gasteiger partial charge in [0.2, 0.25) is 0 Å². The third kappa shape index (κ3) is 2.30. The van der Waals surface area contributed by atoms with E-state index in [2.05, 4.69) is 22.9 Å². The topological polar surface area (TPSA) is 18.5 Å². The highest BCUT2D eigenvalue weighted by Crippen LogP contribution is 2.49. The van der Waals surface area contributed by atoms with Crippen molar-refractivity contribution in [1.82, 2.24) is 0 Å². The summed E-state index contributed by atoms with van der Waals surface area (Å²) in [4.78, 5) is 0.599. The van der Waals surface area contributed by atoms with Gasteiger partial charge in [-0.3, -0.25) is 0 Å². The number of ether oxygens (including phenoxy) is 2. The van der Waals surface area contributed by atoms with Gasteiger partial charge in [0.15, 0.2) is 0 Å². The SMILES string of the molecule is COc1cccc(OC)c1C1(C)CCC(Br)C1. The van der Waals surface area contributed by atoms with Crippen LogP contribution in [0.4, 0.5) is 0 Å². The van der Waals surface area contributed by atoms with Crippen molar-refractivity contribution in [2.24, 2.45) is 0 Å². The predicted molar refractivity (Wildman–Crippen MR) is 73.5 cm³/mol. The van der Waals surface area contributed by atoms with Crippen LogP contribution in [0.2, 0.25) is 0 Å². The molecule has 0 amide bonds. The quantitative estimate of drug-likeness (QED) is 0.788. The molecule has 0 spiro atoms. The van der Waals surface area contributed by atoms with E-state index in [1.165, 1.54) is 18.4 Å². The maximum absolute atomic E-state index is 5.51. The Labute approximate surface area is 111 Å². The Morgan fingerprint density at radius 3 is 2.24 bits per heavy atom. The van der Waals surface area contributed by atoms with Crippen LogP contribution in [0.15, 0.2) is 18.2 Å². The van der Waals surface area contributed by atoms with E-state index in [1.807, 2.05) is 18.2 Å². The van der Waals surface area contributed by atoms with Crippen molar-refractivity contribution in [2.45, 2.75) is 36.4 Å². The minimum Gasteiger partial charge on any atom is -0.496 e. The molecule has 94 valence electrons. The zero-order chi connectivity index (χ0) is 12.5. The van der Waals surface area contributed by atoms with Gasteiger partial charge in [-0.2, -0.15) is 0 Å². The Bertz CT molecular complexity index is 383. The normalized spacial score (nSPS) is 28.1. The molecule has 0 saturated heterocycles. The third-order valence-corrected chi connectivity index (χ3v) is 4.49. The van der Waals surface area contributed by atoms with E-state index >= 15 is 0 Å². The van der Waals surface area contributed by atoms with Gasteiger partial charge in [0.25, 0.3) is 0 Å². The fourth-order valence-corrected chi connectivity index (χ4v) is 3.78. The molecule has 1 aromatic rings. The lowest BCUT2D eigenvalue weighted by Crippen LogP contribution is -2.20. The molecule has 0 bridgehead atoms. The molecule has 0 heterocycles. The number of halogens is 1. The van der Waals surface area contributed by atoms with E-state index in [4.69, 9.17) is 9.47 Å². The van der Waals surface area contributed by atoms with Gasteiger partial charge in [-0.15, -0.1) is 0 Å². The first-order valence-corrected chi connectivity index (χ1v) is 6.88. The molecule has 2 nitrogen and oxygen atoms in total. The van der Waals surface area contributed by atoms with Crippen molar-refractivity contribution in [2.75, 3.05) is 14.2 Å². The first-order valence-electron chi connectivity index (χ1n) is 5.96. The monoisotopic (exact) mass is 298 g/mol. The van der Waals surface area contributed by atoms with Crippen LogP contribution in [0.3, 0.4) is 0 Å². The molecule has 2 rings (SSSR count). The van der Waals surface area contributed by atoms with Crippen LogP contribution in [-0.4, -0.2) is 19.0 Å². The van der Waals surface area contributed by atoms with Crippen molar-refractivity contribution in [3.63, 3.8) is 0 Å². The van der Waals surface area contributed by atoms with Crippen LogP contribution in [0.5, 0.6) is 11.5 Å². The molecule has 2 atom stereocenters. The summed E-state index contributed by atoms with van der Waals surface area (Å²) < 4.78 is 11.0. The van der Waals surface area contributed by atoms with Gasteiger partial charge in [-0.1, -0.05) is 28.9 Å². The number of methoxy groups -OCH3 is 2. The van der Waals surface area contributed by atoms with Gasteiger partial charge >= 0.3 is 0 Å². The Morgan fingerprint density at radius 2 is 1.82 bits per heavy atom. The van der Waals surface area contributed by atoms with E-state index in [1.54, 1.807) is 14.2 Å². The average molecular weight is 299 g/mol. The number of rotatable bonds is 3. The lowest BCUT2D eigenvalue weighted by atomic mass is 9.80. The molecule has 0 N–H and O–H groups in total. The molecule has 0 aliphatic heterocycles. The molecule has 3 heteroatoms. The Kier molecular flexibility index (Phi) is 3.67. The standard InChI is InChI=1S/C14H19BrO2/c1-14(8-7-10(15)9-14)13-11(16-2)5-4-6-12(13)17-3/h4-6,10H,7-9H2,1-3H3. The summed E-state index contributed by atoms with van der Waals surface area (Å²) in [7, 11) is 3.45. The van der Waals surface area contributed by atoms with Gasteiger partial charge in [0.05, 0.1) is 14.2 Å². The molecule has 2 unspecified atom stereocenters. The number of benzene rings is 1. The maximum Gasteiger partial charge on any atom is 0.126 e. The van der Waals surface area contributed by atoms with Gasteiger partial charge in [0.1, 0.15) is 11.5 Å². The summed E-state index contributed by atoms with van der Waals surface area (Å²) in [6.45, 7) is 2.30. The molecular weight excluding hydrogens is 280 g/mol. The molecule has 0 radical (unpaired) electrons. The van der Waals surface area contributed by atoms with Gasteiger partial charge < -0.3 is 9.47 Å². The molecule has 1 aliphatic rings. The van der Waals surface area contributed by atoms with Crippen molar-refractivity contribution < 1.29 is 9.47 Å². The van der Waals surface area contributed by atoms with E-state index < -0.39 is 0 Å². The van der Waals surface area contributed by atoms with Crippen molar-refractivity contribution in [3.8, 4) is 11.5 Å². The van der Waals surface area contributed by atoms with Crippen molar-refractivity contribution in [3.05, 3.63) is 23.8 Å². The van der Waals surface area contributed by atoms with Crippen LogP contribution in [0.1, 0.15) is 31.7 Å². The summed E-state index contributed by atoms with van der Waals surface area (Å²) in [5.74, 6) is 1.88. The highest BCUT2D eigenvalue weighted by atomic mass is 79.9. The zero-order valence-electron chi connectivity index (χ0n) is 10.6. The summed E-state index contributed by atoms with van der Waals surface area (Å²) in [6, 6.07) is 6.01. The molecule has 1 fully saturated rings. The maximum atomic E-state index is 5.51. The van der Waals surface area contributed by atoms with Crippen LogP contribution in [0, 0.1) is 0 Å². The average Bonchev–Trinajstić information content (AvgIpc) is 2.69. The second-order valence-corrected chi connectivity index (χ2v) is 6.23. The summed E-state index contributed by atoms with van der Waals surface area (Å²) in [5, 5.41) is 0. The molecule has 1 aromatic carbocycles. The van der Waals surface area contributed by atoms with Crippen LogP contribution < -0.4 is 9.47 Å². The van der Waals surface area contributed by atoms with Crippen LogP contribution in [0.25, 0.3) is 0 Å². The number of hydrogen-bond acceptors (Lipinski definition) is 2. The summed E-state index contributed by atoms with van der Waals surface area (Å²) >= 11 is 3.72. The third-order valence-electron chi connectivity index (χ3n) is 3.71. The lowest BCUT2D eigenvalue weighted by molar-refractivity contribution is 0.355. The molecule has 0 aromatic heterocycles. The first kappa shape index (κ1) is 12.7. The fraction of sp³-hybridized carbons (Fsp3) is 0.571. The second kappa shape index (κ2) is 4.89. The Hall–Kier alpha value is -0.700. The summed E-state index contributed by atoms with van der Waals surface area (Å²) in [5.41, 5.74) is 1.36. The smallest absolute Gasteiger partial charge is 0.126 e. The first-order chi connectivity index (χ1) is 8.10. The molecular formula is C14H19BrO2. The van der Waals surface area contributed by atoms with E-state index in [0.717, 1.165) is 17.9 Å². The highest BCUT2D eigenvalue weighted by molar-refractivity contribution is 9.09. The molecule has 17 heavy (non-hydrogen) atoms. The molecule has 1 aliphatic carbocycles. The minimum atomic E-state index is 0.145. The van der Waals surface area contributed by atoms with E-state index in [0.29, 0.717) is 4.83 Å². The van der Waals surface area contributed by atoms with Gasteiger partial charge in [-0.05, 0) is 31.4 Å². The number of hydrogen-bond donors (Lipinski definition) is 0. The van der Waals surface area contributed by atoms with Gasteiger partial charge in [-0.25, -0.2) is 0 Å². The Morgan fingerprint density at radius 1 is 1.24 bits per heavy atom. The highest BCUT2D eigenvalue weighted by Gasteiger charge is 2.39. The van der Waals surface area contributed by atoms with Crippen molar-refractivity contribution >= 4 is 15.9 Å². The minimum absolute atomic E-state index is 0.145. The van der Waals surface area contributed by atoms with E-state index in [9.17, 15) is 0 Å². The summed E-state index contributed by atoms with van der Waals surface area (Å²) in [6.07, 6.45) is 3.50. The Balaban J connectivity index is 2.49. The fourth-order valence-electron chi connectivity index (χ4n) is 2.84. The zero-order valence-corrected chi connectivity index (χ0v) is 12.2. The predicted octanol–water partition coefficient (Wildman–Crippen LogP) is 3.91. The number of alkyl halides is 1. The van der Waals surface area contributed by atoms with E-state index in [-0.39, 0.29) is 5.41 Å². The molecule has 1 saturated carbocycles. The lowest BCUT2D eigenvalue weighted by Gasteiger charge is -2.28. The van der Waals surface area contributed by atoms with Crippen LogP contribution >= 0.6 is 15.9 Å². The van der Waals surface area contributed by atoms with Crippen LogP contribution in [-0.2, 0) is 5.41 Å². The second-order valence-electron chi connectivity index (χ2n) is 4.94. The largest absolute Gasteiger partial charge is 0.496 e.